The minimum absolute atomic E-state index is 0.143. The maximum atomic E-state index is 12.9. The lowest BCUT2D eigenvalue weighted by atomic mass is 10.1. The molecule has 0 atom stereocenters. The number of aryl methyl sites for hydroxylation is 2. The van der Waals surface area contributed by atoms with Crippen molar-refractivity contribution < 1.29 is 14.3 Å². The van der Waals surface area contributed by atoms with Crippen LogP contribution in [0.1, 0.15) is 52.1 Å². The monoisotopic (exact) mass is 460 g/mol. The largest absolute Gasteiger partial charge is 0.469 e. The van der Waals surface area contributed by atoms with Crippen LogP contribution in [0.4, 0.5) is 11.4 Å². The molecule has 1 aromatic heterocycles. The number of benzene rings is 2. The summed E-state index contributed by atoms with van der Waals surface area (Å²) >= 11 is 0. The molecule has 0 unspecified atom stereocenters. The predicted octanol–water partition coefficient (Wildman–Crippen LogP) is 4.76. The van der Waals surface area contributed by atoms with Crippen LogP contribution in [0.3, 0.4) is 0 Å². The molecule has 1 saturated heterocycles. The number of rotatable bonds is 7. The van der Waals surface area contributed by atoms with Crippen molar-refractivity contribution in [1.29, 1.82) is 0 Å². The highest BCUT2D eigenvalue weighted by atomic mass is 16.5. The van der Waals surface area contributed by atoms with Crippen molar-refractivity contribution in [3.05, 3.63) is 70.5 Å². The Morgan fingerprint density at radius 2 is 1.68 bits per heavy atom. The number of nitrogens with zero attached hydrogens (tertiary/aromatic N) is 3. The maximum absolute atomic E-state index is 12.9. The van der Waals surface area contributed by atoms with Gasteiger partial charge in [-0.05, 0) is 93.6 Å². The Kier molecular flexibility index (Phi) is 7.01. The van der Waals surface area contributed by atoms with Crippen LogP contribution in [0, 0.1) is 20.8 Å². The minimum Gasteiger partial charge on any atom is -0.469 e. The van der Waals surface area contributed by atoms with E-state index >= 15 is 0 Å². The summed E-state index contributed by atoms with van der Waals surface area (Å²) < 4.78 is 6.60. The van der Waals surface area contributed by atoms with Crippen LogP contribution in [-0.4, -0.2) is 41.9 Å². The molecule has 4 rings (SSSR count). The van der Waals surface area contributed by atoms with Crippen LogP contribution >= 0.6 is 0 Å². The van der Waals surface area contributed by atoms with Crippen molar-refractivity contribution in [2.75, 3.05) is 30.4 Å². The Bertz CT molecular complexity index is 1190. The van der Waals surface area contributed by atoms with Crippen molar-refractivity contribution in [3.8, 4) is 5.69 Å². The molecule has 1 amide bonds. The number of ether oxygens (including phenoxy) is 1. The molecule has 1 aliphatic rings. The fourth-order valence-corrected chi connectivity index (χ4v) is 4.53. The number of amides is 1. The molecule has 1 N–H and O–H groups in total. The highest BCUT2D eigenvalue weighted by Gasteiger charge is 2.16. The van der Waals surface area contributed by atoms with Gasteiger partial charge in [0.25, 0.3) is 5.91 Å². The third kappa shape index (κ3) is 4.98. The summed E-state index contributed by atoms with van der Waals surface area (Å²) in [6.45, 7) is 8.15. The molecule has 1 aliphatic heterocycles. The molecule has 178 valence electrons. The van der Waals surface area contributed by atoms with Gasteiger partial charge in [0, 0.05) is 42.1 Å². The van der Waals surface area contributed by atoms with Gasteiger partial charge in [0.05, 0.1) is 18.5 Å². The topological polar surface area (TPSA) is 76.5 Å². The van der Waals surface area contributed by atoms with Crippen LogP contribution in [0.5, 0.6) is 0 Å². The number of carbonyl (C=O) groups is 2. The Morgan fingerprint density at radius 1 is 1.00 bits per heavy atom. The standard InChI is InChI=1S/C27H32N4O3/c1-18-17-23(30-15-5-6-16-30)11-13-25(18)28-27(33)21-7-9-22(10-8-21)31-20(3)24(19(2)29-31)12-14-26(32)34-4/h7-11,13,17H,5-6,12,14-16H2,1-4H3,(H,28,33). The molecule has 0 bridgehead atoms. The van der Waals surface area contributed by atoms with Crippen molar-refractivity contribution in [1.82, 2.24) is 9.78 Å². The van der Waals surface area contributed by atoms with Gasteiger partial charge in [-0.3, -0.25) is 9.59 Å². The average molecular weight is 461 g/mol. The van der Waals surface area contributed by atoms with Gasteiger partial charge in [0.2, 0.25) is 0 Å². The second kappa shape index (κ2) is 10.1. The summed E-state index contributed by atoms with van der Waals surface area (Å²) in [6, 6.07) is 13.6. The summed E-state index contributed by atoms with van der Waals surface area (Å²) in [5, 5.41) is 7.68. The lowest BCUT2D eigenvalue weighted by Crippen LogP contribution is -2.18. The van der Waals surface area contributed by atoms with Crippen LogP contribution in [-0.2, 0) is 16.0 Å². The number of aromatic nitrogens is 2. The molecular weight excluding hydrogens is 428 g/mol. The SMILES string of the molecule is COC(=O)CCc1c(C)nn(-c2ccc(C(=O)Nc3ccc(N4CCCC4)cc3C)cc2)c1C. The van der Waals surface area contributed by atoms with Crippen LogP contribution < -0.4 is 10.2 Å². The molecular formula is C27H32N4O3. The highest BCUT2D eigenvalue weighted by molar-refractivity contribution is 6.04. The quantitative estimate of drug-likeness (QED) is 0.515. The van der Waals surface area contributed by atoms with E-state index in [1.165, 1.54) is 25.6 Å². The van der Waals surface area contributed by atoms with Gasteiger partial charge in [-0.15, -0.1) is 0 Å². The first-order valence-corrected chi connectivity index (χ1v) is 11.8. The molecule has 7 heteroatoms. The summed E-state index contributed by atoms with van der Waals surface area (Å²) in [6.07, 6.45) is 3.38. The van der Waals surface area contributed by atoms with Crippen LogP contribution in [0.15, 0.2) is 42.5 Å². The molecule has 0 aliphatic carbocycles. The first-order chi connectivity index (χ1) is 16.4. The second-order valence-corrected chi connectivity index (χ2v) is 8.83. The van der Waals surface area contributed by atoms with Crippen molar-refractivity contribution in [2.45, 2.75) is 46.5 Å². The zero-order chi connectivity index (χ0) is 24.2. The lowest BCUT2D eigenvalue weighted by Gasteiger charge is -2.19. The molecule has 0 saturated carbocycles. The maximum Gasteiger partial charge on any atom is 0.305 e. The first-order valence-electron chi connectivity index (χ1n) is 11.8. The average Bonchev–Trinajstić information content (AvgIpc) is 3.47. The molecule has 3 aromatic rings. The van der Waals surface area contributed by atoms with Gasteiger partial charge in [0.15, 0.2) is 0 Å². The number of esters is 1. The minimum atomic E-state index is -0.233. The smallest absolute Gasteiger partial charge is 0.305 e. The third-order valence-electron chi connectivity index (χ3n) is 6.55. The normalized spacial score (nSPS) is 13.2. The zero-order valence-corrected chi connectivity index (χ0v) is 20.4. The number of anilines is 2. The van der Waals surface area contributed by atoms with Gasteiger partial charge < -0.3 is 15.0 Å². The van der Waals surface area contributed by atoms with Crippen molar-refractivity contribution >= 4 is 23.3 Å². The van der Waals surface area contributed by atoms with Crippen LogP contribution in [0.2, 0.25) is 0 Å². The number of methoxy groups -OCH3 is 1. The summed E-state index contributed by atoms with van der Waals surface area (Å²) in [7, 11) is 1.40. The van der Waals surface area contributed by atoms with Crippen molar-refractivity contribution in [2.24, 2.45) is 0 Å². The highest BCUT2D eigenvalue weighted by Crippen LogP contribution is 2.26. The summed E-state index contributed by atoms with van der Waals surface area (Å²) in [4.78, 5) is 26.8. The molecule has 0 spiro atoms. The predicted molar refractivity (Wildman–Crippen MR) is 134 cm³/mol. The number of carbonyl (C=O) groups excluding carboxylic acids is 2. The first kappa shape index (κ1) is 23.5. The van der Waals surface area contributed by atoms with Gasteiger partial charge in [-0.25, -0.2) is 4.68 Å². The van der Waals surface area contributed by atoms with Gasteiger partial charge >= 0.3 is 5.97 Å². The molecule has 7 nitrogen and oxygen atoms in total. The summed E-state index contributed by atoms with van der Waals surface area (Å²) in [5.74, 6) is -0.376. The number of hydrogen-bond donors (Lipinski definition) is 1. The van der Waals surface area contributed by atoms with Gasteiger partial charge in [-0.1, -0.05) is 0 Å². The van der Waals surface area contributed by atoms with Crippen LogP contribution in [0.25, 0.3) is 5.69 Å². The molecule has 2 heterocycles. The molecule has 1 fully saturated rings. The summed E-state index contributed by atoms with van der Waals surface area (Å²) in [5.41, 5.74) is 7.45. The lowest BCUT2D eigenvalue weighted by molar-refractivity contribution is -0.140. The Balaban J connectivity index is 1.45. The molecule has 34 heavy (non-hydrogen) atoms. The van der Waals surface area contributed by atoms with E-state index < -0.39 is 0 Å². The fraction of sp³-hybridized carbons (Fsp3) is 0.370. The van der Waals surface area contributed by atoms with E-state index in [4.69, 9.17) is 4.74 Å². The van der Waals surface area contributed by atoms with Crippen molar-refractivity contribution in [3.63, 3.8) is 0 Å². The van der Waals surface area contributed by atoms with E-state index in [0.717, 1.165) is 47.0 Å². The number of hydrogen-bond acceptors (Lipinski definition) is 5. The van der Waals surface area contributed by atoms with E-state index in [0.29, 0.717) is 18.4 Å². The van der Waals surface area contributed by atoms with Gasteiger partial charge in [0.1, 0.15) is 0 Å². The fourth-order valence-electron chi connectivity index (χ4n) is 4.53. The number of nitrogens with one attached hydrogen (secondary N) is 1. The Hall–Kier alpha value is -3.61. The molecule has 0 radical (unpaired) electrons. The zero-order valence-electron chi connectivity index (χ0n) is 20.4. The van der Waals surface area contributed by atoms with E-state index in [9.17, 15) is 9.59 Å². The van der Waals surface area contributed by atoms with E-state index in [2.05, 4.69) is 27.4 Å². The third-order valence-corrected chi connectivity index (χ3v) is 6.55. The Morgan fingerprint density at radius 3 is 2.32 bits per heavy atom. The van der Waals surface area contributed by atoms with E-state index in [-0.39, 0.29) is 11.9 Å². The molecule has 2 aromatic carbocycles. The van der Waals surface area contributed by atoms with E-state index in [1.54, 1.807) is 0 Å². The van der Waals surface area contributed by atoms with Gasteiger partial charge in [-0.2, -0.15) is 5.10 Å². The second-order valence-electron chi connectivity index (χ2n) is 8.83. The van der Waals surface area contributed by atoms with E-state index in [1.807, 2.05) is 55.8 Å². The Labute approximate surface area is 200 Å².